The second kappa shape index (κ2) is 6.04. The Hall–Kier alpha value is -1.35. The van der Waals surface area contributed by atoms with Gasteiger partial charge in [-0.1, -0.05) is 30.3 Å². The molecule has 1 aromatic rings. The Morgan fingerprint density at radius 3 is 2.23 bits per heavy atom. The standard InChI is InChI=1S/C19H26N2O/c22-18(12-20-11-13-4-2-1-3-5-13)21-19-16-7-14-6-15(9-16)10-17(19)8-14/h1-5,14-17,19-20H,6-12H2,(H,21,22). The molecule has 0 aromatic heterocycles. The second-order valence-corrected chi connectivity index (χ2v) is 7.61. The monoisotopic (exact) mass is 298 g/mol. The molecular weight excluding hydrogens is 272 g/mol. The molecule has 3 heteroatoms. The van der Waals surface area contributed by atoms with Crippen LogP contribution < -0.4 is 10.6 Å². The lowest BCUT2D eigenvalue weighted by Crippen LogP contribution is -2.56. The highest BCUT2D eigenvalue weighted by Gasteiger charge is 2.48. The molecule has 0 aliphatic heterocycles. The molecule has 4 aliphatic rings. The van der Waals surface area contributed by atoms with Crippen molar-refractivity contribution in [3.63, 3.8) is 0 Å². The smallest absolute Gasteiger partial charge is 0.234 e. The molecule has 2 N–H and O–H groups in total. The second-order valence-electron chi connectivity index (χ2n) is 7.61. The van der Waals surface area contributed by atoms with Gasteiger partial charge in [-0.25, -0.2) is 0 Å². The van der Waals surface area contributed by atoms with E-state index in [0.717, 1.165) is 30.2 Å². The first-order valence-electron chi connectivity index (χ1n) is 8.82. The zero-order valence-electron chi connectivity index (χ0n) is 13.1. The van der Waals surface area contributed by atoms with E-state index in [4.69, 9.17) is 0 Å². The van der Waals surface area contributed by atoms with Gasteiger partial charge in [0, 0.05) is 12.6 Å². The van der Waals surface area contributed by atoms with E-state index in [1.54, 1.807) is 0 Å². The Morgan fingerprint density at radius 2 is 1.59 bits per heavy atom. The van der Waals surface area contributed by atoms with Crippen molar-refractivity contribution in [2.75, 3.05) is 6.54 Å². The maximum Gasteiger partial charge on any atom is 0.234 e. The third-order valence-electron chi connectivity index (χ3n) is 6.01. The first-order chi connectivity index (χ1) is 10.8. The summed E-state index contributed by atoms with van der Waals surface area (Å²) >= 11 is 0. The summed E-state index contributed by atoms with van der Waals surface area (Å²) in [6, 6.07) is 10.7. The van der Waals surface area contributed by atoms with E-state index >= 15 is 0 Å². The van der Waals surface area contributed by atoms with Gasteiger partial charge in [-0.05, 0) is 61.3 Å². The Bertz CT molecular complexity index is 499. The molecule has 0 radical (unpaired) electrons. The maximum atomic E-state index is 12.3. The van der Waals surface area contributed by atoms with Gasteiger partial charge in [-0.2, -0.15) is 0 Å². The van der Waals surface area contributed by atoms with Crippen LogP contribution >= 0.6 is 0 Å². The highest BCUT2D eigenvalue weighted by Crippen LogP contribution is 2.53. The van der Waals surface area contributed by atoms with Crippen molar-refractivity contribution >= 4 is 5.91 Å². The van der Waals surface area contributed by atoms with Crippen molar-refractivity contribution < 1.29 is 4.79 Å². The molecule has 1 amide bonds. The van der Waals surface area contributed by atoms with Crippen LogP contribution in [0.15, 0.2) is 30.3 Å². The third kappa shape index (κ3) is 2.91. The number of carbonyl (C=O) groups excluding carboxylic acids is 1. The van der Waals surface area contributed by atoms with Crippen molar-refractivity contribution in [2.24, 2.45) is 23.7 Å². The molecule has 0 unspecified atom stereocenters. The maximum absolute atomic E-state index is 12.3. The van der Waals surface area contributed by atoms with E-state index in [1.807, 2.05) is 18.2 Å². The Labute approximate surface area is 132 Å². The first kappa shape index (κ1) is 14.3. The number of nitrogens with one attached hydrogen (secondary N) is 2. The first-order valence-corrected chi connectivity index (χ1v) is 8.82. The van der Waals surface area contributed by atoms with E-state index in [9.17, 15) is 4.79 Å². The van der Waals surface area contributed by atoms with E-state index in [1.165, 1.54) is 37.7 Å². The molecule has 4 aliphatic carbocycles. The number of benzene rings is 1. The van der Waals surface area contributed by atoms with Crippen molar-refractivity contribution in [3.05, 3.63) is 35.9 Å². The lowest BCUT2D eigenvalue weighted by atomic mass is 9.54. The minimum absolute atomic E-state index is 0.174. The minimum atomic E-state index is 0.174. The molecule has 5 rings (SSSR count). The molecule has 4 fully saturated rings. The summed E-state index contributed by atoms with van der Waals surface area (Å²) < 4.78 is 0. The molecule has 0 spiro atoms. The van der Waals surface area contributed by atoms with Gasteiger partial charge >= 0.3 is 0 Å². The predicted octanol–water partition coefficient (Wildman–Crippen LogP) is 2.72. The Morgan fingerprint density at radius 1 is 0.955 bits per heavy atom. The van der Waals surface area contributed by atoms with Crippen LogP contribution in [0, 0.1) is 23.7 Å². The van der Waals surface area contributed by atoms with Gasteiger partial charge in [0.1, 0.15) is 0 Å². The minimum Gasteiger partial charge on any atom is -0.352 e. The number of carbonyl (C=O) groups is 1. The van der Waals surface area contributed by atoms with Crippen molar-refractivity contribution in [1.82, 2.24) is 10.6 Å². The fourth-order valence-corrected chi connectivity index (χ4v) is 5.31. The molecule has 22 heavy (non-hydrogen) atoms. The lowest BCUT2D eigenvalue weighted by Gasteiger charge is -2.54. The normalized spacial score (nSPS) is 35.5. The van der Waals surface area contributed by atoms with E-state index in [2.05, 4.69) is 22.8 Å². The molecule has 0 atom stereocenters. The highest BCUT2D eigenvalue weighted by molar-refractivity contribution is 5.78. The summed E-state index contributed by atoms with van der Waals surface area (Å²) in [7, 11) is 0. The van der Waals surface area contributed by atoms with Crippen molar-refractivity contribution in [3.8, 4) is 0 Å². The highest BCUT2D eigenvalue weighted by atomic mass is 16.2. The number of hydrogen-bond donors (Lipinski definition) is 2. The van der Waals surface area contributed by atoms with Crippen LogP contribution in [0.3, 0.4) is 0 Å². The van der Waals surface area contributed by atoms with Crippen LogP contribution in [-0.2, 0) is 11.3 Å². The van der Waals surface area contributed by atoms with Crippen LogP contribution in [0.1, 0.15) is 37.7 Å². The molecule has 3 nitrogen and oxygen atoms in total. The van der Waals surface area contributed by atoms with Gasteiger partial charge in [0.15, 0.2) is 0 Å². The van der Waals surface area contributed by atoms with E-state index in [0.29, 0.717) is 12.6 Å². The molecule has 0 saturated heterocycles. The summed E-state index contributed by atoms with van der Waals surface area (Å²) in [5.74, 6) is 3.62. The van der Waals surface area contributed by atoms with Crippen LogP contribution in [-0.4, -0.2) is 18.5 Å². The Kier molecular flexibility index (Phi) is 3.91. The summed E-state index contributed by atoms with van der Waals surface area (Å²) in [5, 5.41) is 6.61. The average molecular weight is 298 g/mol. The molecule has 0 heterocycles. The van der Waals surface area contributed by atoms with E-state index < -0.39 is 0 Å². The molecule has 1 aromatic carbocycles. The fourth-order valence-electron chi connectivity index (χ4n) is 5.31. The molecular formula is C19H26N2O. The SMILES string of the molecule is O=C(CNCc1ccccc1)NC1C2CC3CC(C2)CC1C3. The van der Waals surface area contributed by atoms with Crippen LogP contribution in [0.2, 0.25) is 0 Å². The van der Waals surface area contributed by atoms with Gasteiger partial charge < -0.3 is 10.6 Å². The van der Waals surface area contributed by atoms with Gasteiger partial charge in [-0.15, -0.1) is 0 Å². The zero-order chi connectivity index (χ0) is 14.9. The Balaban J connectivity index is 1.26. The summed E-state index contributed by atoms with van der Waals surface area (Å²) in [6.45, 7) is 1.19. The number of hydrogen-bond acceptors (Lipinski definition) is 2. The third-order valence-corrected chi connectivity index (χ3v) is 6.01. The van der Waals surface area contributed by atoms with Gasteiger partial charge in [0.05, 0.1) is 6.54 Å². The topological polar surface area (TPSA) is 41.1 Å². The fraction of sp³-hybridized carbons (Fsp3) is 0.632. The van der Waals surface area contributed by atoms with Crippen LogP contribution in [0.25, 0.3) is 0 Å². The quantitative estimate of drug-likeness (QED) is 0.877. The molecule has 118 valence electrons. The van der Waals surface area contributed by atoms with Gasteiger partial charge in [0.25, 0.3) is 0 Å². The average Bonchev–Trinajstić information content (AvgIpc) is 2.51. The van der Waals surface area contributed by atoms with Crippen LogP contribution in [0.4, 0.5) is 0 Å². The van der Waals surface area contributed by atoms with E-state index in [-0.39, 0.29) is 5.91 Å². The number of rotatable bonds is 5. The summed E-state index contributed by atoms with van der Waals surface area (Å²) in [5.41, 5.74) is 1.23. The molecule has 4 saturated carbocycles. The predicted molar refractivity (Wildman–Crippen MR) is 87.1 cm³/mol. The van der Waals surface area contributed by atoms with Crippen molar-refractivity contribution in [1.29, 1.82) is 0 Å². The van der Waals surface area contributed by atoms with Crippen LogP contribution in [0.5, 0.6) is 0 Å². The molecule has 4 bridgehead atoms. The summed E-state index contributed by atoms with van der Waals surface area (Å²) in [4.78, 5) is 12.3. The number of amides is 1. The largest absolute Gasteiger partial charge is 0.352 e. The van der Waals surface area contributed by atoms with Gasteiger partial charge in [-0.3, -0.25) is 4.79 Å². The summed E-state index contributed by atoms with van der Waals surface area (Å²) in [6.07, 6.45) is 6.89. The zero-order valence-corrected chi connectivity index (χ0v) is 13.1. The lowest BCUT2D eigenvalue weighted by molar-refractivity contribution is -0.124. The van der Waals surface area contributed by atoms with Gasteiger partial charge in [0.2, 0.25) is 5.91 Å². The van der Waals surface area contributed by atoms with Crippen molar-refractivity contribution in [2.45, 2.75) is 44.7 Å².